The molecule has 0 fully saturated rings. The molecule has 3 nitrogen and oxygen atoms in total. The van der Waals surface area contributed by atoms with Crippen LogP contribution >= 0.6 is 7.14 Å². The summed E-state index contributed by atoms with van der Waals surface area (Å²) in [6.45, 7) is 0. The van der Waals surface area contributed by atoms with Crippen molar-refractivity contribution < 1.29 is 14.8 Å². The number of aromatic hydroxyl groups is 2. The molecule has 0 heterocycles. The highest BCUT2D eigenvalue weighted by Gasteiger charge is 2.40. The topological polar surface area (TPSA) is 57.5 Å². The Morgan fingerprint density at radius 2 is 1.07 bits per heavy atom. The van der Waals surface area contributed by atoms with Gasteiger partial charge in [-0.2, -0.15) is 0 Å². The van der Waals surface area contributed by atoms with Gasteiger partial charge in [0.1, 0.15) is 11.5 Å². The van der Waals surface area contributed by atoms with Gasteiger partial charge in [0, 0.05) is 16.2 Å². The number of phenols is 2. The van der Waals surface area contributed by atoms with Crippen molar-refractivity contribution in [1.82, 2.24) is 0 Å². The van der Waals surface area contributed by atoms with E-state index in [1.54, 1.807) is 36.4 Å². The first-order valence-corrected chi connectivity index (χ1v) is 11.2. The Bertz CT molecular complexity index is 1100. The summed E-state index contributed by atoms with van der Waals surface area (Å²) >= 11 is 0. The van der Waals surface area contributed by atoms with E-state index in [1.807, 2.05) is 72.8 Å². The zero-order valence-corrected chi connectivity index (χ0v) is 16.6. The second-order valence-corrected chi connectivity index (χ2v) is 9.75. The molecule has 0 saturated heterocycles. The Balaban J connectivity index is 2.06. The van der Waals surface area contributed by atoms with Crippen LogP contribution < -0.4 is 10.6 Å². The Morgan fingerprint density at radius 1 is 0.586 bits per heavy atom. The van der Waals surface area contributed by atoms with Crippen molar-refractivity contribution in [3.8, 4) is 11.5 Å². The van der Waals surface area contributed by atoms with Crippen LogP contribution in [-0.4, -0.2) is 10.2 Å². The lowest BCUT2D eigenvalue weighted by atomic mass is 10.0. The van der Waals surface area contributed by atoms with Crippen LogP contribution in [0.25, 0.3) is 0 Å². The van der Waals surface area contributed by atoms with E-state index in [-0.39, 0.29) is 11.5 Å². The van der Waals surface area contributed by atoms with Gasteiger partial charge < -0.3 is 14.8 Å². The molecule has 1 atom stereocenters. The van der Waals surface area contributed by atoms with E-state index in [0.29, 0.717) is 16.2 Å². The van der Waals surface area contributed by atoms with Gasteiger partial charge >= 0.3 is 0 Å². The maximum absolute atomic E-state index is 15.0. The smallest absolute Gasteiger partial charge is 0.154 e. The molecule has 4 heteroatoms. The van der Waals surface area contributed by atoms with E-state index in [0.717, 1.165) is 5.56 Å². The minimum absolute atomic E-state index is 0.0951. The summed E-state index contributed by atoms with van der Waals surface area (Å²) < 4.78 is 15.0. The molecule has 0 aliphatic carbocycles. The van der Waals surface area contributed by atoms with Crippen LogP contribution in [0.4, 0.5) is 0 Å². The zero-order valence-electron chi connectivity index (χ0n) is 15.7. The fraction of sp³-hybridized carbons (Fsp3) is 0.0400. The Morgan fingerprint density at radius 3 is 1.59 bits per heavy atom. The monoisotopic (exact) mass is 400 g/mol. The summed E-state index contributed by atoms with van der Waals surface area (Å²) in [5.74, 6) is 0.233. The van der Waals surface area contributed by atoms with Crippen molar-refractivity contribution in [2.24, 2.45) is 0 Å². The Labute approximate surface area is 170 Å². The van der Waals surface area contributed by atoms with Crippen LogP contribution in [0, 0.1) is 0 Å². The lowest BCUT2D eigenvalue weighted by Gasteiger charge is -2.30. The number of rotatable bonds is 5. The third-order valence-corrected chi connectivity index (χ3v) is 8.52. The van der Waals surface area contributed by atoms with Crippen LogP contribution in [0.15, 0.2) is 109 Å². The molecule has 0 aromatic heterocycles. The van der Waals surface area contributed by atoms with Gasteiger partial charge in [-0.15, -0.1) is 0 Å². The second-order valence-electron chi connectivity index (χ2n) is 6.88. The highest BCUT2D eigenvalue weighted by atomic mass is 31.2. The van der Waals surface area contributed by atoms with Crippen molar-refractivity contribution in [2.45, 2.75) is 5.66 Å². The van der Waals surface area contributed by atoms with Gasteiger partial charge in [0.25, 0.3) is 0 Å². The predicted molar refractivity (Wildman–Crippen MR) is 118 cm³/mol. The molecule has 0 radical (unpaired) electrons. The lowest BCUT2D eigenvalue weighted by molar-refractivity contribution is 0.468. The van der Waals surface area contributed by atoms with Crippen molar-refractivity contribution in [1.29, 1.82) is 0 Å². The van der Waals surface area contributed by atoms with Gasteiger partial charge in [0.15, 0.2) is 7.14 Å². The highest BCUT2D eigenvalue weighted by molar-refractivity contribution is 7.79. The summed E-state index contributed by atoms with van der Waals surface area (Å²) in [5.41, 5.74) is 0.753. The fourth-order valence-corrected chi connectivity index (χ4v) is 7.03. The maximum atomic E-state index is 15.0. The predicted octanol–water partition coefficient (Wildman–Crippen LogP) is 5.20. The molecule has 0 aliphatic rings. The van der Waals surface area contributed by atoms with Gasteiger partial charge in [0.05, 0.1) is 5.66 Å². The van der Waals surface area contributed by atoms with Gasteiger partial charge in [-0.1, -0.05) is 91.0 Å². The molecule has 0 saturated carbocycles. The number of benzene rings is 4. The molecule has 0 aliphatic heterocycles. The van der Waals surface area contributed by atoms with Crippen molar-refractivity contribution >= 4 is 17.8 Å². The van der Waals surface area contributed by atoms with Gasteiger partial charge in [-0.3, -0.25) is 0 Å². The molecule has 2 N–H and O–H groups in total. The molecule has 0 amide bonds. The average molecular weight is 400 g/mol. The first kappa shape index (κ1) is 19.0. The molecule has 4 aromatic rings. The van der Waals surface area contributed by atoms with Crippen LogP contribution in [0.5, 0.6) is 11.5 Å². The summed E-state index contributed by atoms with van der Waals surface area (Å²) in [6, 6.07) is 32.5. The first-order chi connectivity index (χ1) is 14.1. The first-order valence-electron chi connectivity index (χ1n) is 9.38. The summed E-state index contributed by atoms with van der Waals surface area (Å²) in [7, 11) is -3.26. The van der Waals surface area contributed by atoms with E-state index in [1.165, 1.54) is 0 Å². The van der Waals surface area contributed by atoms with Gasteiger partial charge in [-0.05, 0) is 23.8 Å². The molecule has 4 aromatic carbocycles. The minimum Gasteiger partial charge on any atom is -0.508 e. The fourth-order valence-electron chi connectivity index (χ4n) is 3.71. The van der Waals surface area contributed by atoms with E-state index < -0.39 is 12.8 Å². The molecular weight excluding hydrogens is 379 g/mol. The van der Waals surface area contributed by atoms with E-state index in [4.69, 9.17) is 0 Å². The Hall–Kier alpha value is -3.29. The largest absolute Gasteiger partial charge is 0.508 e. The van der Waals surface area contributed by atoms with Crippen LogP contribution in [0.3, 0.4) is 0 Å². The number of phenolic OH excluding ortho intramolecular Hbond substituents is 2. The normalized spacial score (nSPS) is 12.4. The van der Waals surface area contributed by atoms with Crippen molar-refractivity contribution in [3.05, 3.63) is 120 Å². The SMILES string of the molecule is O=P(c1ccccc1)(c1ccccc1)C(c1ccc(O)cc1)c1ccccc1O. The molecule has 1 unspecified atom stereocenters. The highest BCUT2D eigenvalue weighted by Crippen LogP contribution is 2.61. The maximum Gasteiger partial charge on any atom is 0.154 e. The molecule has 0 spiro atoms. The van der Waals surface area contributed by atoms with E-state index in [9.17, 15) is 14.8 Å². The second kappa shape index (κ2) is 7.98. The summed E-state index contributed by atoms with van der Waals surface area (Å²) in [5, 5.41) is 21.9. The zero-order chi connectivity index (χ0) is 20.3. The van der Waals surface area contributed by atoms with Gasteiger partial charge in [0.2, 0.25) is 0 Å². The standard InChI is InChI=1S/C25H21O3P/c26-20-17-15-19(16-18-20)25(23-13-7-8-14-24(23)27)29(28,21-9-3-1-4-10-21)22-11-5-2-6-12-22/h1-18,25-27H. The van der Waals surface area contributed by atoms with Crippen molar-refractivity contribution in [2.75, 3.05) is 0 Å². The van der Waals surface area contributed by atoms with Crippen LogP contribution in [0.1, 0.15) is 16.8 Å². The molecule has 0 bridgehead atoms. The third-order valence-electron chi connectivity index (χ3n) is 5.08. The Kier molecular flexibility index (Phi) is 5.24. The van der Waals surface area contributed by atoms with Crippen LogP contribution in [-0.2, 0) is 4.57 Å². The van der Waals surface area contributed by atoms with Crippen molar-refractivity contribution in [3.63, 3.8) is 0 Å². The average Bonchev–Trinajstić information content (AvgIpc) is 2.77. The number of para-hydroxylation sites is 1. The molecular formula is C25H21O3P. The summed E-state index contributed by atoms with van der Waals surface area (Å²) in [6.07, 6.45) is 0. The number of hydrogen-bond donors (Lipinski definition) is 2. The lowest BCUT2D eigenvalue weighted by Crippen LogP contribution is -2.22. The van der Waals surface area contributed by atoms with Crippen LogP contribution in [0.2, 0.25) is 0 Å². The quantitative estimate of drug-likeness (QED) is 0.453. The summed E-state index contributed by atoms with van der Waals surface area (Å²) in [4.78, 5) is 0. The number of hydrogen-bond acceptors (Lipinski definition) is 3. The third kappa shape index (κ3) is 3.57. The van der Waals surface area contributed by atoms with E-state index in [2.05, 4.69) is 0 Å². The van der Waals surface area contributed by atoms with E-state index >= 15 is 0 Å². The minimum atomic E-state index is -3.26. The molecule has 29 heavy (non-hydrogen) atoms. The van der Waals surface area contributed by atoms with Gasteiger partial charge in [-0.25, -0.2) is 0 Å². The molecule has 4 rings (SSSR count). The molecule has 144 valence electrons.